The van der Waals surface area contributed by atoms with Gasteiger partial charge in [-0.15, -0.1) is 11.6 Å². The number of hydrogen-bond acceptors (Lipinski definition) is 2. The van der Waals surface area contributed by atoms with Gasteiger partial charge in [0.05, 0.1) is 0 Å². The van der Waals surface area contributed by atoms with E-state index >= 15 is 0 Å². The quantitative estimate of drug-likeness (QED) is 0.795. The van der Waals surface area contributed by atoms with Crippen LogP contribution in [-0.2, 0) is 6.42 Å². The number of nitrogens with one attached hydrogen (secondary N) is 1. The number of aryl methyl sites for hydroxylation is 1. The van der Waals surface area contributed by atoms with Gasteiger partial charge in [-0.05, 0) is 24.5 Å². The Labute approximate surface area is 108 Å². The molecule has 17 heavy (non-hydrogen) atoms. The predicted octanol–water partition coefficient (Wildman–Crippen LogP) is 3.23. The van der Waals surface area contributed by atoms with Crippen LogP contribution in [0, 0.1) is 5.92 Å². The fourth-order valence-corrected chi connectivity index (χ4v) is 1.85. The van der Waals surface area contributed by atoms with Crippen LogP contribution in [-0.4, -0.2) is 17.8 Å². The Morgan fingerprint density at radius 1 is 1.47 bits per heavy atom. The molecule has 0 bridgehead atoms. The number of carbonyl (C=O) groups is 1. The Kier molecular flexibility index (Phi) is 5.56. The highest BCUT2D eigenvalue weighted by atomic mass is 35.5. The van der Waals surface area contributed by atoms with Crippen molar-refractivity contribution in [3.05, 3.63) is 23.7 Å². The Balaban J connectivity index is 2.63. The predicted molar refractivity (Wildman–Crippen MR) is 69.5 cm³/mol. The number of furan rings is 1. The minimum Gasteiger partial charge on any atom is -0.456 e. The summed E-state index contributed by atoms with van der Waals surface area (Å²) in [5.41, 5.74) is 0. The van der Waals surface area contributed by atoms with Crippen LogP contribution in [0.5, 0.6) is 0 Å². The molecule has 1 amide bonds. The third-order valence-corrected chi connectivity index (χ3v) is 2.99. The van der Waals surface area contributed by atoms with E-state index in [0.717, 1.165) is 18.6 Å². The molecule has 0 saturated carbocycles. The maximum absolute atomic E-state index is 11.9. The molecule has 96 valence electrons. The summed E-state index contributed by atoms with van der Waals surface area (Å²) in [5.74, 6) is 1.95. The van der Waals surface area contributed by atoms with E-state index in [9.17, 15) is 4.79 Å². The summed E-state index contributed by atoms with van der Waals surface area (Å²) in [6.07, 6.45) is 1.56. The minimum absolute atomic E-state index is 0.0928. The molecular weight excluding hydrogens is 238 g/mol. The lowest BCUT2D eigenvalue weighted by molar-refractivity contribution is 0.0895. The minimum atomic E-state index is -0.159. The lowest BCUT2D eigenvalue weighted by atomic mass is 10.0. The van der Waals surface area contributed by atoms with Crippen molar-refractivity contribution < 1.29 is 9.21 Å². The molecule has 3 nitrogen and oxygen atoms in total. The van der Waals surface area contributed by atoms with Crippen LogP contribution in [0.2, 0.25) is 0 Å². The fraction of sp³-hybridized carbons (Fsp3) is 0.615. The van der Waals surface area contributed by atoms with Gasteiger partial charge in [0.1, 0.15) is 5.76 Å². The van der Waals surface area contributed by atoms with Crippen molar-refractivity contribution in [2.45, 2.75) is 39.7 Å². The van der Waals surface area contributed by atoms with Crippen molar-refractivity contribution in [1.82, 2.24) is 5.32 Å². The first-order valence-electron chi connectivity index (χ1n) is 6.04. The van der Waals surface area contributed by atoms with Crippen molar-refractivity contribution in [1.29, 1.82) is 0 Å². The normalized spacial score (nSPS) is 12.8. The molecular formula is C13H20ClNO2. The average Bonchev–Trinajstić information content (AvgIpc) is 2.76. The molecule has 1 N–H and O–H groups in total. The molecule has 0 aliphatic rings. The fourth-order valence-electron chi connectivity index (χ4n) is 1.62. The second-order valence-corrected chi connectivity index (χ2v) is 4.80. The number of halogens is 1. The second-order valence-electron chi connectivity index (χ2n) is 4.42. The van der Waals surface area contributed by atoms with Gasteiger partial charge in [0, 0.05) is 18.3 Å². The zero-order valence-electron chi connectivity index (χ0n) is 10.6. The van der Waals surface area contributed by atoms with Gasteiger partial charge in [-0.25, -0.2) is 0 Å². The van der Waals surface area contributed by atoms with Crippen molar-refractivity contribution in [2.24, 2.45) is 5.92 Å². The topological polar surface area (TPSA) is 42.2 Å². The maximum Gasteiger partial charge on any atom is 0.287 e. The Morgan fingerprint density at radius 2 is 2.18 bits per heavy atom. The van der Waals surface area contributed by atoms with Crippen molar-refractivity contribution in [3.8, 4) is 0 Å². The Morgan fingerprint density at radius 3 is 2.65 bits per heavy atom. The molecule has 1 rings (SSSR count). The third-order valence-electron chi connectivity index (χ3n) is 2.78. The molecule has 0 radical (unpaired) electrons. The molecule has 1 aromatic heterocycles. The molecule has 0 fully saturated rings. The van der Waals surface area contributed by atoms with Crippen molar-refractivity contribution >= 4 is 17.5 Å². The molecule has 1 unspecified atom stereocenters. The van der Waals surface area contributed by atoms with Gasteiger partial charge >= 0.3 is 0 Å². The molecule has 0 aliphatic heterocycles. The van der Waals surface area contributed by atoms with E-state index in [1.165, 1.54) is 0 Å². The maximum atomic E-state index is 11.9. The second kappa shape index (κ2) is 6.70. The van der Waals surface area contributed by atoms with Crippen LogP contribution < -0.4 is 5.32 Å². The van der Waals surface area contributed by atoms with Crippen LogP contribution in [0.15, 0.2) is 16.5 Å². The summed E-state index contributed by atoms with van der Waals surface area (Å²) in [6, 6.07) is 3.64. The molecule has 1 atom stereocenters. The lowest BCUT2D eigenvalue weighted by Crippen LogP contribution is -2.38. The van der Waals surface area contributed by atoms with Crippen LogP contribution in [0.25, 0.3) is 0 Å². The number of rotatable bonds is 6. The highest BCUT2D eigenvalue weighted by Gasteiger charge is 2.18. The monoisotopic (exact) mass is 257 g/mol. The molecule has 4 heteroatoms. The molecule has 0 spiro atoms. The Bertz CT molecular complexity index is 360. The third kappa shape index (κ3) is 4.08. The van der Waals surface area contributed by atoms with E-state index in [4.69, 9.17) is 16.0 Å². The summed E-state index contributed by atoms with van der Waals surface area (Å²) in [7, 11) is 0. The van der Waals surface area contributed by atoms with E-state index in [-0.39, 0.29) is 11.9 Å². The van der Waals surface area contributed by atoms with Gasteiger partial charge in [-0.3, -0.25) is 4.79 Å². The van der Waals surface area contributed by atoms with Gasteiger partial charge in [-0.2, -0.15) is 0 Å². The zero-order valence-corrected chi connectivity index (χ0v) is 11.4. The van der Waals surface area contributed by atoms with Crippen LogP contribution >= 0.6 is 11.6 Å². The van der Waals surface area contributed by atoms with Crippen molar-refractivity contribution in [3.63, 3.8) is 0 Å². The number of hydrogen-bond donors (Lipinski definition) is 1. The van der Waals surface area contributed by atoms with E-state index < -0.39 is 0 Å². The summed E-state index contributed by atoms with van der Waals surface area (Å²) < 4.78 is 5.41. The number of carbonyl (C=O) groups excluding carboxylic acids is 1. The summed E-state index contributed by atoms with van der Waals surface area (Å²) in [4.78, 5) is 11.9. The van der Waals surface area contributed by atoms with Gasteiger partial charge < -0.3 is 9.73 Å². The van der Waals surface area contributed by atoms with Gasteiger partial charge in [-0.1, -0.05) is 20.8 Å². The standard InChI is InChI=1S/C13H20ClNO2/c1-4-10-5-6-12(17-10)13(16)15-11(7-8-14)9(2)3/h5-6,9,11H,4,7-8H2,1-3H3,(H,15,16). The lowest BCUT2D eigenvalue weighted by Gasteiger charge is -2.20. The van der Waals surface area contributed by atoms with Gasteiger partial charge in [0.2, 0.25) is 0 Å². The average molecular weight is 258 g/mol. The number of alkyl halides is 1. The van der Waals surface area contributed by atoms with Crippen molar-refractivity contribution in [2.75, 3.05) is 5.88 Å². The first kappa shape index (κ1) is 14.1. The van der Waals surface area contributed by atoms with Crippen LogP contribution in [0.4, 0.5) is 0 Å². The zero-order chi connectivity index (χ0) is 12.8. The highest BCUT2D eigenvalue weighted by Crippen LogP contribution is 2.11. The van der Waals surface area contributed by atoms with Crippen LogP contribution in [0.1, 0.15) is 43.5 Å². The van der Waals surface area contributed by atoms with E-state index in [2.05, 4.69) is 19.2 Å². The smallest absolute Gasteiger partial charge is 0.287 e. The van der Waals surface area contributed by atoms with Crippen LogP contribution in [0.3, 0.4) is 0 Å². The largest absolute Gasteiger partial charge is 0.456 e. The Hall–Kier alpha value is -0.960. The van der Waals surface area contributed by atoms with E-state index in [0.29, 0.717) is 17.6 Å². The summed E-state index contributed by atoms with van der Waals surface area (Å²) in [5, 5.41) is 2.95. The summed E-state index contributed by atoms with van der Waals surface area (Å²) in [6.45, 7) is 6.12. The van der Waals surface area contributed by atoms with E-state index in [1.54, 1.807) is 6.07 Å². The first-order valence-corrected chi connectivity index (χ1v) is 6.57. The molecule has 1 aromatic rings. The van der Waals surface area contributed by atoms with E-state index in [1.807, 2.05) is 13.0 Å². The molecule has 0 aromatic carbocycles. The highest BCUT2D eigenvalue weighted by molar-refractivity contribution is 6.17. The number of amides is 1. The van der Waals surface area contributed by atoms with Gasteiger partial charge in [0.25, 0.3) is 5.91 Å². The van der Waals surface area contributed by atoms with Gasteiger partial charge in [0.15, 0.2) is 5.76 Å². The SMILES string of the molecule is CCc1ccc(C(=O)NC(CCCl)C(C)C)o1. The molecule has 0 aliphatic carbocycles. The molecule has 1 heterocycles. The molecule has 0 saturated heterocycles. The first-order chi connectivity index (χ1) is 8.08. The summed E-state index contributed by atoms with van der Waals surface area (Å²) >= 11 is 5.72.